The third-order valence-corrected chi connectivity index (χ3v) is 4.76. The van der Waals surface area contributed by atoms with Crippen LogP contribution in [-0.4, -0.2) is 32.7 Å². The molecule has 0 saturated carbocycles. The standard InChI is InChI=1S/C21H20INO5/c1-4-9-27-19-16(22)10-13(12-18(19)26-3)11-17-21(24)28-20(23-17)14-5-7-15(25-2)8-6-14/h5-8,10-12H,4,9H2,1-3H3/b17-11-. The average molecular weight is 493 g/mol. The number of benzene rings is 2. The first kappa shape index (κ1) is 20.2. The molecule has 0 fully saturated rings. The zero-order chi connectivity index (χ0) is 20.1. The monoisotopic (exact) mass is 493 g/mol. The molecule has 0 N–H and O–H groups in total. The van der Waals surface area contributed by atoms with Crippen LogP contribution in [0.25, 0.3) is 6.08 Å². The summed E-state index contributed by atoms with van der Waals surface area (Å²) in [6.45, 7) is 2.65. The van der Waals surface area contributed by atoms with Crippen molar-refractivity contribution in [3.8, 4) is 17.2 Å². The third-order valence-electron chi connectivity index (χ3n) is 3.96. The molecule has 0 aromatic heterocycles. The number of cyclic esters (lactones) is 1. The smallest absolute Gasteiger partial charge is 0.363 e. The molecule has 0 spiro atoms. The molecule has 0 radical (unpaired) electrons. The second kappa shape index (κ2) is 9.09. The summed E-state index contributed by atoms with van der Waals surface area (Å²) in [6.07, 6.45) is 2.58. The van der Waals surface area contributed by atoms with E-state index in [2.05, 4.69) is 27.6 Å². The molecule has 3 rings (SSSR count). The molecule has 146 valence electrons. The van der Waals surface area contributed by atoms with Crippen molar-refractivity contribution in [1.29, 1.82) is 0 Å². The minimum Gasteiger partial charge on any atom is -0.497 e. The summed E-state index contributed by atoms with van der Waals surface area (Å²) >= 11 is 2.19. The Morgan fingerprint density at radius 2 is 1.89 bits per heavy atom. The highest BCUT2D eigenvalue weighted by Crippen LogP contribution is 2.35. The molecule has 0 unspecified atom stereocenters. The summed E-state index contributed by atoms with van der Waals surface area (Å²) in [5.74, 6) is 1.80. The summed E-state index contributed by atoms with van der Waals surface area (Å²) < 4.78 is 22.6. The molecule has 6 nitrogen and oxygen atoms in total. The van der Waals surface area contributed by atoms with Gasteiger partial charge in [-0.1, -0.05) is 6.92 Å². The summed E-state index contributed by atoms with van der Waals surface area (Å²) in [5.41, 5.74) is 1.70. The van der Waals surface area contributed by atoms with E-state index < -0.39 is 5.97 Å². The van der Waals surface area contributed by atoms with Crippen LogP contribution in [0.1, 0.15) is 24.5 Å². The summed E-state index contributed by atoms with van der Waals surface area (Å²) in [5, 5.41) is 0. The van der Waals surface area contributed by atoms with Gasteiger partial charge in [0.25, 0.3) is 0 Å². The van der Waals surface area contributed by atoms with Gasteiger partial charge in [0.1, 0.15) is 5.75 Å². The average Bonchev–Trinajstić information content (AvgIpc) is 3.07. The molecule has 7 heteroatoms. The van der Waals surface area contributed by atoms with Crippen LogP contribution in [0, 0.1) is 3.57 Å². The predicted molar refractivity (Wildman–Crippen MR) is 115 cm³/mol. The molecule has 0 amide bonds. The van der Waals surface area contributed by atoms with Crippen molar-refractivity contribution in [2.45, 2.75) is 13.3 Å². The molecule has 1 aliphatic rings. The first-order valence-corrected chi connectivity index (χ1v) is 9.81. The van der Waals surface area contributed by atoms with Crippen molar-refractivity contribution in [1.82, 2.24) is 0 Å². The number of esters is 1. The number of halogens is 1. The van der Waals surface area contributed by atoms with Gasteiger partial charge in [-0.2, -0.15) is 0 Å². The Hall–Kier alpha value is -2.55. The molecule has 1 heterocycles. The maximum Gasteiger partial charge on any atom is 0.363 e. The van der Waals surface area contributed by atoms with Gasteiger partial charge in [0.15, 0.2) is 17.2 Å². The first-order chi connectivity index (χ1) is 13.5. The molecule has 2 aromatic rings. The van der Waals surface area contributed by atoms with E-state index in [1.165, 1.54) is 0 Å². The van der Waals surface area contributed by atoms with Crippen molar-refractivity contribution < 1.29 is 23.7 Å². The molecular formula is C21H20INO5. The second-order valence-electron chi connectivity index (χ2n) is 5.95. The fourth-order valence-corrected chi connectivity index (χ4v) is 3.37. The second-order valence-corrected chi connectivity index (χ2v) is 7.11. The van der Waals surface area contributed by atoms with Gasteiger partial charge < -0.3 is 18.9 Å². The number of hydrogen-bond acceptors (Lipinski definition) is 6. The fraction of sp³-hybridized carbons (Fsp3) is 0.238. The van der Waals surface area contributed by atoms with E-state index in [9.17, 15) is 4.79 Å². The van der Waals surface area contributed by atoms with E-state index in [1.54, 1.807) is 44.6 Å². The third kappa shape index (κ3) is 4.46. The van der Waals surface area contributed by atoms with Crippen molar-refractivity contribution in [3.63, 3.8) is 0 Å². The molecule has 2 aromatic carbocycles. The zero-order valence-electron chi connectivity index (χ0n) is 15.8. The van der Waals surface area contributed by atoms with Gasteiger partial charge in [-0.3, -0.25) is 0 Å². The highest BCUT2D eigenvalue weighted by molar-refractivity contribution is 14.1. The molecular weight excluding hydrogens is 473 g/mol. The van der Waals surface area contributed by atoms with Gasteiger partial charge in [-0.15, -0.1) is 0 Å². The van der Waals surface area contributed by atoms with Gasteiger partial charge in [0.2, 0.25) is 5.90 Å². The Morgan fingerprint density at radius 1 is 1.14 bits per heavy atom. The summed E-state index contributed by atoms with van der Waals surface area (Å²) in [4.78, 5) is 16.6. The lowest BCUT2D eigenvalue weighted by Gasteiger charge is -2.13. The minimum absolute atomic E-state index is 0.228. The van der Waals surface area contributed by atoms with Crippen LogP contribution in [-0.2, 0) is 9.53 Å². The van der Waals surface area contributed by atoms with E-state index in [1.807, 2.05) is 19.1 Å². The van der Waals surface area contributed by atoms with Crippen LogP contribution in [0.5, 0.6) is 17.2 Å². The van der Waals surface area contributed by atoms with Crippen LogP contribution in [0.4, 0.5) is 0 Å². The lowest BCUT2D eigenvalue weighted by molar-refractivity contribution is -0.129. The van der Waals surface area contributed by atoms with Crippen LogP contribution in [0.15, 0.2) is 47.1 Å². The molecule has 0 saturated heterocycles. The number of carbonyl (C=O) groups is 1. The number of nitrogens with zero attached hydrogens (tertiary/aromatic N) is 1. The quantitative estimate of drug-likeness (QED) is 0.324. The van der Waals surface area contributed by atoms with E-state index >= 15 is 0 Å². The van der Waals surface area contributed by atoms with Crippen LogP contribution in [0.3, 0.4) is 0 Å². The number of carbonyl (C=O) groups excluding carboxylic acids is 1. The number of methoxy groups -OCH3 is 2. The Kier molecular flexibility index (Phi) is 6.56. The summed E-state index contributed by atoms with van der Waals surface area (Å²) in [6, 6.07) is 10.9. The lowest BCUT2D eigenvalue weighted by Crippen LogP contribution is -2.05. The Labute approximate surface area is 177 Å². The van der Waals surface area contributed by atoms with Crippen LogP contribution >= 0.6 is 22.6 Å². The Bertz CT molecular complexity index is 935. The molecule has 0 atom stereocenters. The van der Waals surface area contributed by atoms with Crippen molar-refractivity contribution in [2.24, 2.45) is 4.99 Å². The number of hydrogen-bond donors (Lipinski definition) is 0. The molecule has 28 heavy (non-hydrogen) atoms. The largest absolute Gasteiger partial charge is 0.497 e. The van der Waals surface area contributed by atoms with Crippen LogP contribution in [0.2, 0.25) is 0 Å². The SMILES string of the molecule is CCCOc1c(I)cc(/C=C2\N=C(c3ccc(OC)cc3)OC2=O)cc1OC. The van der Waals surface area contributed by atoms with Gasteiger partial charge >= 0.3 is 5.97 Å². The van der Waals surface area contributed by atoms with E-state index in [0.717, 1.165) is 21.3 Å². The van der Waals surface area contributed by atoms with Crippen LogP contribution < -0.4 is 14.2 Å². The predicted octanol–water partition coefficient (Wildman–Crippen LogP) is 4.44. The summed E-state index contributed by atoms with van der Waals surface area (Å²) in [7, 11) is 3.18. The fourth-order valence-electron chi connectivity index (χ4n) is 2.59. The number of ether oxygens (including phenoxy) is 4. The van der Waals surface area contributed by atoms with Crippen molar-refractivity contribution >= 4 is 40.5 Å². The minimum atomic E-state index is -0.494. The molecule has 0 bridgehead atoms. The normalized spacial score (nSPS) is 14.6. The lowest BCUT2D eigenvalue weighted by atomic mass is 10.1. The van der Waals surface area contributed by atoms with Crippen molar-refractivity contribution in [3.05, 3.63) is 56.8 Å². The maximum atomic E-state index is 12.2. The highest BCUT2D eigenvalue weighted by atomic mass is 127. The zero-order valence-corrected chi connectivity index (χ0v) is 18.0. The van der Waals surface area contributed by atoms with Gasteiger partial charge in [0.05, 0.1) is 24.4 Å². The molecule has 1 aliphatic heterocycles. The highest BCUT2D eigenvalue weighted by Gasteiger charge is 2.24. The number of rotatable bonds is 7. The first-order valence-electron chi connectivity index (χ1n) is 8.73. The maximum absolute atomic E-state index is 12.2. The topological polar surface area (TPSA) is 66.3 Å². The van der Waals surface area contributed by atoms with Crippen molar-refractivity contribution in [2.75, 3.05) is 20.8 Å². The van der Waals surface area contributed by atoms with Gasteiger partial charge in [-0.25, -0.2) is 9.79 Å². The van der Waals surface area contributed by atoms with E-state index in [4.69, 9.17) is 18.9 Å². The Balaban J connectivity index is 1.90. The molecule has 0 aliphatic carbocycles. The van der Waals surface area contributed by atoms with Gasteiger partial charge in [0, 0.05) is 5.56 Å². The van der Waals surface area contributed by atoms with Gasteiger partial charge in [-0.05, 0) is 77.0 Å². The van der Waals surface area contributed by atoms with E-state index in [-0.39, 0.29) is 11.6 Å². The Morgan fingerprint density at radius 3 is 2.54 bits per heavy atom. The number of aliphatic imine (C=N–C) groups is 1. The van der Waals surface area contributed by atoms with E-state index in [0.29, 0.717) is 23.7 Å².